The van der Waals surface area contributed by atoms with Gasteiger partial charge in [0.25, 0.3) is 0 Å². The molecule has 7 heteroatoms. The van der Waals surface area contributed by atoms with E-state index in [4.69, 9.17) is 5.73 Å². The minimum Gasteiger partial charge on any atom is -0.397 e. The van der Waals surface area contributed by atoms with E-state index in [2.05, 4.69) is 20.9 Å². The maximum absolute atomic E-state index is 12.6. The van der Waals surface area contributed by atoms with E-state index in [9.17, 15) is 13.2 Å². The molecule has 0 aromatic carbocycles. The molecule has 0 fully saturated rings. The zero-order chi connectivity index (χ0) is 14.1. The molecule has 1 aromatic heterocycles. The number of alkyl halides is 3. The standard InChI is InChI=1S/C11H15BrF3N3/c1-6(2)18(5-11(13,14)15)10-9(12)7(3)8(16)4-17-10/h4,6H,5,16H2,1-3H3. The molecule has 0 radical (unpaired) electrons. The molecular weight excluding hydrogens is 311 g/mol. The van der Waals surface area contributed by atoms with E-state index in [-0.39, 0.29) is 11.9 Å². The third kappa shape index (κ3) is 3.51. The van der Waals surface area contributed by atoms with Gasteiger partial charge in [-0.3, -0.25) is 0 Å². The zero-order valence-electron chi connectivity index (χ0n) is 10.3. The van der Waals surface area contributed by atoms with E-state index in [1.807, 2.05) is 0 Å². The maximum Gasteiger partial charge on any atom is 0.405 e. The van der Waals surface area contributed by atoms with Gasteiger partial charge in [-0.15, -0.1) is 0 Å². The molecule has 2 N–H and O–H groups in total. The molecule has 1 aromatic rings. The van der Waals surface area contributed by atoms with Gasteiger partial charge >= 0.3 is 6.18 Å². The number of pyridine rings is 1. The van der Waals surface area contributed by atoms with Crippen LogP contribution in [0.4, 0.5) is 24.7 Å². The van der Waals surface area contributed by atoms with E-state index in [0.717, 1.165) is 0 Å². The fourth-order valence-electron chi connectivity index (χ4n) is 1.47. The first-order valence-electron chi connectivity index (χ1n) is 5.37. The van der Waals surface area contributed by atoms with Crippen LogP contribution in [0.3, 0.4) is 0 Å². The Morgan fingerprint density at radius 2 is 2.00 bits per heavy atom. The van der Waals surface area contributed by atoms with Gasteiger partial charge in [0, 0.05) is 6.04 Å². The molecule has 0 spiro atoms. The monoisotopic (exact) mass is 325 g/mol. The van der Waals surface area contributed by atoms with Crippen LogP contribution in [0.1, 0.15) is 19.4 Å². The number of nitrogens with two attached hydrogens (primary N) is 1. The Balaban J connectivity index is 3.19. The number of anilines is 2. The summed E-state index contributed by atoms with van der Waals surface area (Å²) in [6.45, 7) is 4.06. The predicted octanol–water partition coefficient (Wildman–Crippen LogP) is 3.51. The fourth-order valence-corrected chi connectivity index (χ4v) is 2.03. The van der Waals surface area contributed by atoms with Crippen molar-refractivity contribution in [2.45, 2.75) is 33.0 Å². The van der Waals surface area contributed by atoms with E-state index in [1.165, 1.54) is 11.1 Å². The minimum absolute atomic E-state index is 0.258. The van der Waals surface area contributed by atoms with Crippen molar-refractivity contribution in [3.05, 3.63) is 16.2 Å². The van der Waals surface area contributed by atoms with Crippen molar-refractivity contribution in [2.24, 2.45) is 0 Å². The second kappa shape index (κ2) is 5.34. The van der Waals surface area contributed by atoms with E-state index in [0.29, 0.717) is 15.7 Å². The van der Waals surface area contributed by atoms with Crippen LogP contribution >= 0.6 is 15.9 Å². The predicted molar refractivity (Wildman–Crippen MR) is 69.6 cm³/mol. The largest absolute Gasteiger partial charge is 0.405 e. The number of nitrogens with zero attached hydrogens (tertiary/aromatic N) is 2. The smallest absolute Gasteiger partial charge is 0.397 e. The van der Waals surface area contributed by atoms with E-state index >= 15 is 0 Å². The van der Waals surface area contributed by atoms with Crippen molar-refractivity contribution in [1.82, 2.24) is 4.98 Å². The number of rotatable bonds is 3. The van der Waals surface area contributed by atoms with Gasteiger partial charge in [0.05, 0.1) is 16.4 Å². The highest BCUT2D eigenvalue weighted by molar-refractivity contribution is 9.10. The lowest BCUT2D eigenvalue weighted by atomic mass is 10.2. The highest BCUT2D eigenvalue weighted by Gasteiger charge is 2.33. The van der Waals surface area contributed by atoms with Crippen LogP contribution in [0.5, 0.6) is 0 Å². The van der Waals surface area contributed by atoms with E-state index < -0.39 is 12.7 Å². The summed E-state index contributed by atoms with van der Waals surface area (Å²) in [4.78, 5) is 5.19. The van der Waals surface area contributed by atoms with E-state index in [1.54, 1.807) is 20.8 Å². The molecule has 0 saturated heterocycles. The third-order valence-corrected chi connectivity index (χ3v) is 3.48. The van der Waals surface area contributed by atoms with Gasteiger partial charge in [-0.25, -0.2) is 4.98 Å². The molecular formula is C11H15BrF3N3. The lowest BCUT2D eigenvalue weighted by molar-refractivity contribution is -0.120. The minimum atomic E-state index is -4.28. The van der Waals surface area contributed by atoms with Gasteiger partial charge in [-0.05, 0) is 42.3 Å². The average molecular weight is 326 g/mol. The van der Waals surface area contributed by atoms with Gasteiger partial charge in [0.1, 0.15) is 12.4 Å². The summed E-state index contributed by atoms with van der Waals surface area (Å²) in [6.07, 6.45) is -2.90. The van der Waals surface area contributed by atoms with Crippen molar-refractivity contribution < 1.29 is 13.2 Å². The first kappa shape index (κ1) is 15.1. The van der Waals surface area contributed by atoms with Gasteiger partial charge in [-0.1, -0.05) is 0 Å². The highest BCUT2D eigenvalue weighted by atomic mass is 79.9. The topological polar surface area (TPSA) is 42.1 Å². The first-order valence-corrected chi connectivity index (χ1v) is 6.16. The van der Waals surface area contributed by atoms with Gasteiger partial charge in [-0.2, -0.15) is 13.2 Å². The number of aromatic nitrogens is 1. The summed E-state index contributed by atoms with van der Waals surface area (Å²) >= 11 is 3.26. The molecule has 0 amide bonds. The summed E-state index contributed by atoms with van der Waals surface area (Å²) < 4.78 is 38.2. The molecule has 102 valence electrons. The number of hydrogen-bond donors (Lipinski definition) is 1. The number of nitrogen functional groups attached to an aromatic ring is 1. The Labute approximate surface area is 112 Å². The summed E-state index contributed by atoms with van der Waals surface area (Å²) in [7, 11) is 0. The number of hydrogen-bond acceptors (Lipinski definition) is 3. The second-order valence-corrected chi connectivity index (χ2v) is 5.11. The normalized spacial score (nSPS) is 12.0. The summed E-state index contributed by atoms with van der Waals surface area (Å²) in [6, 6.07) is -0.321. The van der Waals surface area contributed by atoms with Crippen LogP contribution in [-0.4, -0.2) is 23.7 Å². The van der Waals surface area contributed by atoms with Crippen LogP contribution in [0, 0.1) is 6.92 Å². The molecule has 18 heavy (non-hydrogen) atoms. The molecule has 0 aliphatic heterocycles. The van der Waals surface area contributed by atoms with Gasteiger partial charge < -0.3 is 10.6 Å². The van der Waals surface area contributed by atoms with Crippen LogP contribution in [-0.2, 0) is 0 Å². The molecule has 0 bridgehead atoms. The molecule has 1 heterocycles. The first-order chi connectivity index (χ1) is 8.13. The highest BCUT2D eigenvalue weighted by Crippen LogP contribution is 2.33. The molecule has 0 aliphatic rings. The molecule has 0 aliphatic carbocycles. The van der Waals surface area contributed by atoms with Gasteiger partial charge in [0.2, 0.25) is 0 Å². The van der Waals surface area contributed by atoms with Crippen molar-refractivity contribution in [3.8, 4) is 0 Å². The maximum atomic E-state index is 12.6. The second-order valence-electron chi connectivity index (χ2n) is 4.31. The number of halogens is 4. The Hall–Kier alpha value is -0.980. The molecule has 0 saturated carbocycles. The van der Waals surface area contributed by atoms with Crippen LogP contribution in [0.15, 0.2) is 10.7 Å². The van der Waals surface area contributed by atoms with Crippen molar-refractivity contribution in [2.75, 3.05) is 17.2 Å². The Morgan fingerprint density at radius 3 is 2.44 bits per heavy atom. The lowest BCUT2D eigenvalue weighted by Crippen LogP contribution is -2.40. The van der Waals surface area contributed by atoms with Crippen molar-refractivity contribution >= 4 is 27.4 Å². The van der Waals surface area contributed by atoms with Crippen molar-refractivity contribution in [1.29, 1.82) is 0 Å². The molecule has 3 nitrogen and oxygen atoms in total. The summed E-state index contributed by atoms with van der Waals surface area (Å²) in [5.74, 6) is 0.258. The third-order valence-electron chi connectivity index (χ3n) is 2.53. The fraction of sp³-hybridized carbons (Fsp3) is 0.545. The SMILES string of the molecule is Cc1c(N)cnc(N(CC(F)(F)F)C(C)C)c1Br. The quantitative estimate of drug-likeness (QED) is 0.924. The molecule has 0 atom stereocenters. The van der Waals surface area contributed by atoms with Crippen LogP contribution in [0.25, 0.3) is 0 Å². The molecule has 1 rings (SSSR count). The summed E-state index contributed by atoms with van der Waals surface area (Å²) in [5.41, 5.74) is 6.79. The lowest BCUT2D eigenvalue weighted by Gasteiger charge is -2.30. The van der Waals surface area contributed by atoms with Crippen LogP contribution < -0.4 is 10.6 Å². The zero-order valence-corrected chi connectivity index (χ0v) is 11.9. The van der Waals surface area contributed by atoms with Gasteiger partial charge in [0.15, 0.2) is 0 Å². The Bertz CT molecular complexity index is 432. The van der Waals surface area contributed by atoms with Crippen LogP contribution in [0.2, 0.25) is 0 Å². The van der Waals surface area contributed by atoms with Crippen molar-refractivity contribution in [3.63, 3.8) is 0 Å². The molecule has 0 unspecified atom stereocenters. The Kier molecular flexibility index (Phi) is 4.47. The summed E-state index contributed by atoms with van der Waals surface area (Å²) in [5, 5.41) is 0. The Morgan fingerprint density at radius 1 is 1.44 bits per heavy atom. The average Bonchev–Trinajstić information content (AvgIpc) is 2.22.